The van der Waals surface area contributed by atoms with E-state index in [0.717, 1.165) is 35.2 Å². The van der Waals surface area contributed by atoms with Gasteiger partial charge in [-0.1, -0.05) is 0 Å². The van der Waals surface area contributed by atoms with E-state index < -0.39 is 0 Å². The van der Waals surface area contributed by atoms with Crippen molar-refractivity contribution in [1.29, 1.82) is 0 Å². The van der Waals surface area contributed by atoms with Crippen LogP contribution in [0.4, 0.5) is 5.69 Å². The van der Waals surface area contributed by atoms with Gasteiger partial charge in [0.15, 0.2) is 0 Å². The molecule has 4 aromatic rings. The minimum absolute atomic E-state index is 0.205. The highest BCUT2D eigenvalue weighted by Gasteiger charge is 2.20. The molecule has 0 saturated heterocycles. The highest BCUT2D eigenvalue weighted by atomic mass is 35.5. The average molecular weight is 440 g/mol. The number of hydrogen-bond donors (Lipinski definition) is 2. The summed E-state index contributed by atoms with van der Waals surface area (Å²) in [6, 6.07) is 8.82. The maximum Gasteiger partial charge on any atom is 0.222 e. The lowest BCUT2D eigenvalue weighted by Crippen LogP contribution is -2.29. The molecule has 0 unspecified atom stereocenters. The third-order valence-corrected chi connectivity index (χ3v) is 6.67. The van der Waals surface area contributed by atoms with Gasteiger partial charge in [-0.2, -0.15) is 0 Å². The summed E-state index contributed by atoms with van der Waals surface area (Å²) in [6.07, 6.45) is 1.71. The molecular weight excluding hydrogens is 418 g/mol. The van der Waals surface area contributed by atoms with Crippen LogP contribution in [0.3, 0.4) is 0 Å². The molecule has 0 spiro atoms. The molecular formula is C22H22ClN5OS. The fourth-order valence-electron chi connectivity index (χ4n) is 3.81. The Kier molecular flexibility index (Phi) is 5.28. The molecule has 8 heteroatoms. The number of halogens is 1. The van der Waals surface area contributed by atoms with E-state index in [1.165, 1.54) is 20.7 Å². The van der Waals surface area contributed by atoms with Gasteiger partial charge < -0.3 is 15.4 Å². The van der Waals surface area contributed by atoms with Crippen molar-refractivity contribution in [2.24, 2.45) is 0 Å². The lowest BCUT2D eigenvalue weighted by molar-refractivity contribution is 0.134. The highest BCUT2D eigenvalue weighted by molar-refractivity contribution is 7.20. The van der Waals surface area contributed by atoms with E-state index in [-0.39, 0.29) is 5.28 Å². The van der Waals surface area contributed by atoms with Gasteiger partial charge in [0.1, 0.15) is 0 Å². The van der Waals surface area contributed by atoms with Crippen molar-refractivity contribution in [2.45, 2.75) is 33.0 Å². The molecule has 0 aliphatic carbocycles. The van der Waals surface area contributed by atoms with Crippen LogP contribution in [0, 0.1) is 0 Å². The maximum absolute atomic E-state index is 6.09. The Morgan fingerprint density at radius 2 is 2.13 bits per heavy atom. The molecule has 6 nitrogen and oxygen atoms in total. The molecule has 30 heavy (non-hydrogen) atoms. The Hall–Kier alpha value is -2.32. The van der Waals surface area contributed by atoms with Gasteiger partial charge in [0, 0.05) is 57.8 Å². The van der Waals surface area contributed by atoms with Crippen LogP contribution < -0.4 is 10.6 Å². The summed E-state index contributed by atoms with van der Waals surface area (Å²) in [6.45, 7) is 7.00. The molecule has 3 aromatic heterocycles. The van der Waals surface area contributed by atoms with Crippen molar-refractivity contribution in [3.05, 3.63) is 46.2 Å². The number of anilines is 1. The Labute approximate surface area is 183 Å². The van der Waals surface area contributed by atoms with Gasteiger partial charge in [-0.15, -0.1) is 11.3 Å². The van der Waals surface area contributed by atoms with Gasteiger partial charge in [0.05, 0.1) is 29.2 Å². The molecule has 0 radical (unpaired) electrons. The fourth-order valence-corrected chi connectivity index (χ4v) is 5.09. The number of aromatic nitrogens is 3. The van der Waals surface area contributed by atoms with Crippen LogP contribution in [0.25, 0.3) is 32.4 Å². The first-order valence-corrected chi connectivity index (χ1v) is 11.3. The van der Waals surface area contributed by atoms with Gasteiger partial charge >= 0.3 is 0 Å². The molecule has 1 aliphatic rings. The van der Waals surface area contributed by atoms with E-state index in [0.29, 0.717) is 24.9 Å². The second-order valence-corrected chi connectivity index (χ2v) is 8.89. The van der Waals surface area contributed by atoms with Crippen LogP contribution in [-0.2, 0) is 17.9 Å². The van der Waals surface area contributed by atoms with Gasteiger partial charge in [0.2, 0.25) is 5.28 Å². The van der Waals surface area contributed by atoms with Gasteiger partial charge in [0.25, 0.3) is 0 Å². The summed E-state index contributed by atoms with van der Waals surface area (Å²) >= 11 is 7.92. The number of nitrogens with one attached hydrogen (secondary N) is 2. The zero-order chi connectivity index (χ0) is 20.7. The van der Waals surface area contributed by atoms with Crippen LogP contribution in [0.1, 0.15) is 24.3 Å². The molecule has 154 valence electrons. The predicted octanol–water partition coefficient (Wildman–Crippen LogP) is 5.00. The van der Waals surface area contributed by atoms with Crippen LogP contribution in [0.5, 0.6) is 0 Å². The highest BCUT2D eigenvalue weighted by Crippen LogP contribution is 2.41. The number of thiophene rings is 1. The lowest BCUT2D eigenvalue weighted by atomic mass is 10.1. The van der Waals surface area contributed by atoms with Crippen molar-refractivity contribution in [3.63, 3.8) is 0 Å². The van der Waals surface area contributed by atoms with Crippen molar-refractivity contribution in [3.8, 4) is 11.4 Å². The number of pyridine rings is 1. The van der Waals surface area contributed by atoms with E-state index in [9.17, 15) is 0 Å². The fraction of sp³-hybridized carbons (Fsp3) is 0.318. The van der Waals surface area contributed by atoms with Crippen molar-refractivity contribution >= 4 is 49.6 Å². The van der Waals surface area contributed by atoms with Crippen LogP contribution in [-0.4, -0.2) is 34.1 Å². The van der Waals surface area contributed by atoms with Crippen molar-refractivity contribution in [2.75, 3.05) is 18.5 Å². The summed E-state index contributed by atoms with van der Waals surface area (Å²) in [5.41, 5.74) is 4.52. The minimum Gasteiger partial charge on any atom is -0.382 e. The summed E-state index contributed by atoms with van der Waals surface area (Å²) in [5.74, 6) is 0. The molecule has 5 rings (SSSR count). The molecule has 0 bridgehead atoms. The molecule has 0 saturated carbocycles. The normalized spacial score (nSPS) is 16.4. The van der Waals surface area contributed by atoms with E-state index in [2.05, 4.69) is 45.7 Å². The third kappa shape index (κ3) is 3.52. The number of ether oxygens (including phenoxy) is 1. The SMILES string of the molecule is CCOCc1cnc(Cl)nc1-c1ccc2c(ccc3sc4c(c32)NC[C@@H](C)NC4)n1. The molecule has 1 aromatic carbocycles. The molecule has 2 N–H and O–H groups in total. The smallest absolute Gasteiger partial charge is 0.222 e. The third-order valence-electron chi connectivity index (χ3n) is 5.33. The summed E-state index contributed by atoms with van der Waals surface area (Å²) in [5, 5.41) is 9.80. The maximum atomic E-state index is 6.09. The number of nitrogens with zero attached hydrogens (tertiary/aromatic N) is 3. The van der Waals surface area contributed by atoms with Gasteiger partial charge in [-0.25, -0.2) is 15.0 Å². The van der Waals surface area contributed by atoms with E-state index in [1.807, 2.05) is 24.3 Å². The largest absolute Gasteiger partial charge is 0.382 e. The van der Waals surface area contributed by atoms with Crippen molar-refractivity contribution < 1.29 is 4.74 Å². The summed E-state index contributed by atoms with van der Waals surface area (Å²) in [7, 11) is 0. The average Bonchev–Trinajstić information content (AvgIpc) is 3.02. The van der Waals surface area contributed by atoms with Crippen LogP contribution in [0.15, 0.2) is 30.5 Å². The van der Waals surface area contributed by atoms with Crippen LogP contribution in [0.2, 0.25) is 5.28 Å². The Morgan fingerprint density at radius 3 is 3.00 bits per heavy atom. The van der Waals surface area contributed by atoms with E-state index in [1.54, 1.807) is 6.20 Å². The predicted molar refractivity (Wildman–Crippen MR) is 123 cm³/mol. The molecule has 0 amide bonds. The van der Waals surface area contributed by atoms with E-state index in [4.69, 9.17) is 21.3 Å². The summed E-state index contributed by atoms with van der Waals surface area (Å²) in [4.78, 5) is 14.8. The lowest BCUT2D eigenvalue weighted by Gasteiger charge is -2.11. The zero-order valence-electron chi connectivity index (χ0n) is 16.8. The van der Waals surface area contributed by atoms with Gasteiger partial charge in [-0.05, 0) is 49.7 Å². The standard InChI is InChI=1S/C22H22ClN5OS/c1-3-29-11-13-9-26-22(23)28-20(13)16-5-4-14-15(27-16)6-7-17-19(14)21-18(30-17)10-24-12(2)8-25-21/h4-7,9,12,24-25H,3,8,10-11H2,1-2H3/t12-/m1/s1. The monoisotopic (exact) mass is 439 g/mol. The first-order valence-electron chi connectivity index (χ1n) is 10.1. The first-order chi connectivity index (χ1) is 14.6. The van der Waals surface area contributed by atoms with Gasteiger partial charge in [-0.3, -0.25) is 0 Å². The second kappa shape index (κ2) is 8.07. The Bertz CT molecular complexity index is 1240. The first kappa shape index (κ1) is 19.6. The zero-order valence-corrected chi connectivity index (χ0v) is 18.4. The number of hydrogen-bond acceptors (Lipinski definition) is 7. The number of rotatable bonds is 4. The number of fused-ring (bicyclic) bond motifs is 5. The topological polar surface area (TPSA) is 72.0 Å². The quantitative estimate of drug-likeness (QED) is 0.436. The minimum atomic E-state index is 0.205. The second-order valence-electron chi connectivity index (χ2n) is 7.41. The van der Waals surface area contributed by atoms with Crippen LogP contribution >= 0.6 is 22.9 Å². The van der Waals surface area contributed by atoms with Crippen molar-refractivity contribution in [1.82, 2.24) is 20.3 Å². The Morgan fingerprint density at radius 1 is 1.23 bits per heavy atom. The molecule has 4 heterocycles. The molecule has 0 fully saturated rings. The summed E-state index contributed by atoms with van der Waals surface area (Å²) < 4.78 is 6.85. The molecule has 1 atom stereocenters. The molecule has 1 aliphatic heterocycles. The number of benzene rings is 1. The Balaban J connectivity index is 1.64. The van der Waals surface area contributed by atoms with E-state index >= 15 is 0 Å².